The molecule has 0 radical (unpaired) electrons. The summed E-state index contributed by atoms with van der Waals surface area (Å²) in [6, 6.07) is 7.64. The lowest BCUT2D eigenvalue weighted by atomic mass is 10.1. The van der Waals surface area contributed by atoms with Crippen molar-refractivity contribution >= 4 is 5.78 Å². The van der Waals surface area contributed by atoms with Gasteiger partial charge in [-0.15, -0.1) is 0 Å². The number of nitrogens with zero attached hydrogens (tertiary/aromatic N) is 2. The molecular formula is C14H16N2O2. The summed E-state index contributed by atoms with van der Waals surface area (Å²) in [5, 5.41) is 8.91. The Bertz CT molecular complexity index is 491. The largest absolute Gasteiger partial charge is 0.495 e. The minimum atomic E-state index is 0.307. The predicted molar refractivity (Wildman–Crippen MR) is 67.2 cm³/mol. The summed E-state index contributed by atoms with van der Waals surface area (Å²) >= 11 is 0. The van der Waals surface area contributed by atoms with Crippen molar-refractivity contribution in [3.8, 4) is 11.8 Å². The van der Waals surface area contributed by atoms with Crippen LogP contribution in [-0.2, 0) is 11.3 Å². The molecule has 1 fully saturated rings. The fourth-order valence-electron chi connectivity index (χ4n) is 2.23. The zero-order valence-corrected chi connectivity index (χ0v) is 10.5. The van der Waals surface area contributed by atoms with Crippen LogP contribution in [0.3, 0.4) is 0 Å². The van der Waals surface area contributed by atoms with E-state index in [0.29, 0.717) is 30.1 Å². The van der Waals surface area contributed by atoms with Crippen LogP contribution in [0.15, 0.2) is 18.2 Å². The maximum absolute atomic E-state index is 11.4. The van der Waals surface area contributed by atoms with Crippen LogP contribution in [0.5, 0.6) is 5.75 Å². The standard InChI is InChI=1S/C14H16N2O2/c1-18-14-7-11(4-5-12(14)8-15)9-16-6-2-3-13(17)10-16/h4-5,7H,2-3,6,9-10H2,1H3. The lowest BCUT2D eigenvalue weighted by Gasteiger charge is -2.25. The number of benzene rings is 1. The van der Waals surface area contributed by atoms with E-state index in [1.807, 2.05) is 12.1 Å². The highest BCUT2D eigenvalue weighted by molar-refractivity contribution is 5.81. The summed E-state index contributed by atoms with van der Waals surface area (Å²) in [4.78, 5) is 13.5. The molecule has 2 rings (SSSR count). The average Bonchev–Trinajstić information content (AvgIpc) is 2.38. The van der Waals surface area contributed by atoms with Gasteiger partial charge >= 0.3 is 0 Å². The Labute approximate surface area is 107 Å². The second kappa shape index (κ2) is 5.65. The highest BCUT2D eigenvalue weighted by Gasteiger charge is 2.17. The molecule has 0 spiro atoms. The molecule has 4 nitrogen and oxygen atoms in total. The first-order valence-electron chi connectivity index (χ1n) is 6.04. The smallest absolute Gasteiger partial charge is 0.146 e. The van der Waals surface area contributed by atoms with Gasteiger partial charge in [0.1, 0.15) is 17.6 Å². The number of ether oxygens (including phenoxy) is 1. The van der Waals surface area contributed by atoms with Gasteiger partial charge in [0.15, 0.2) is 0 Å². The molecule has 1 saturated heterocycles. The SMILES string of the molecule is COc1cc(CN2CCCC(=O)C2)ccc1C#N. The number of Topliss-reactive ketones (excluding diaryl/α,β-unsaturated/α-hetero) is 1. The summed E-state index contributed by atoms with van der Waals surface area (Å²) < 4.78 is 5.18. The summed E-state index contributed by atoms with van der Waals surface area (Å²) in [6.45, 7) is 2.21. The molecule has 0 unspecified atom stereocenters. The van der Waals surface area contributed by atoms with Gasteiger partial charge in [0.05, 0.1) is 19.2 Å². The fourth-order valence-corrected chi connectivity index (χ4v) is 2.23. The van der Waals surface area contributed by atoms with Crippen LogP contribution >= 0.6 is 0 Å². The van der Waals surface area contributed by atoms with Crippen LogP contribution in [0.4, 0.5) is 0 Å². The average molecular weight is 244 g/mol. The van der Waals surface area contributed by atoms with Crippen molar-refractivity contribution < 1.29 is 9.53 Å². The second-order valence-electron chi connectivity index (χ2n) is 4.50. The van der Waals surface area contributed by atoms with Gasteiger partial charge in [0.2, 0.25) is 0 Å². The van der Waals surface area contributed by atoms with Gasteiger partial charge in [-0.1, -0.05) is 6.07 Å². The molecule has 1 aliphatic rings. The van der Waals surface area contributed by atoms with Crippen LogP contribution in [0.1, 0.15) is 24.0 Å². The summed E-state index contributed by atoms with van der Waals surface area (Å²) in [5.74, 6) is 0.903. The molecule has 1 aromatic rings. The quantitative estimate of drug-likeness (QED) is 0.812. The minimum Gasteiger partial charge on any atom is -0.495 e. The van der Waals surface area contributed by atoms with E-state index in [1.54, 1.807) is 13.2 Å². The molecule has 0 saturated carbocycles. The molecule has 0 N–H and O–H groups in total. The van der Waals surface area contributed by atoms with Crippen molar-refractivity contribution in [1.82, 2.24) is 4.90 Å². The van der Waals surface area contributed by atoms with Crippen molar-refractivity contribution in [3.05, 3.63) is 29.3 Å². The first-order chi connectivity index (χ1) is 8.72. The topological polar surface area (TPSA) is 53.3 Å². The van der Waals surface area contributed by atoms with Gasteiger partial charge in [0.25, 0.3) is 0 Å². The van der Waals surface area contributed by atoms with E-state index in [-0.39, 0.29) is 0 Å². The third kappa shape index (κ3) is 2.88. The molecule has 94 valence electrons. The number of nitriles is 1. The van der Waals surface area contributed by atoms with Crippen LogP contribution < -0.4 is 4.74 Å². The Morgan fingerprint density at radius 3 is 3.00 bits per heavy atom. The van der Waals surface area contributed by atoms with Gasteiger partial charge in [-0.25, -0.2) is 0 Å². The third-order valence-electron chi connectivity index (χ3n) is 3.12. The number of hydrogen-bond acceptors (Lipinski definition) is 4. The molecule has 0 atom stereocenters. The van der Waals surface area contributed by atoms with Crippen molar-refractivity contribution in [2.75, 3.05) is 20.2 Å². The third-order valence-corrected chi connectivity index (χ3v) is 3.12. The van der Waals surface area contributed by atoms with E-state index in [2.05, 4.69) is 11.0 Å². The van der Waals surface area contributed by atoms with Gasteiger partial charge in [-0.2, -0.15) is 5.26 Å². The van der Waals surface area contributed by atoms with Gasteiger partial charge < -0.3 is 4.74 Å². The molecule has 0 bridgehead atoms. The molecular weight excluding hydrogens is 228 g/mol. The number of hydrogen-bond donors (Lipinski definition) is 0. The van der Waals surface area contributed by atoms with Gasteiger partial charge in [0, 0.05) is 13.0 Å². The maximum atomic E-state index is 11.4. The van der Waals surface area contributed by atoms with Crippen molar-refractivity contribution in [3.63, 3.8) is 0 Å². The molecule has 18 heavy (non-hydrogen) atoms. The zero-order valence-electron chi connectivity index (χ0n) is 10.5. The van der Waals surface area contributed by atoms with E-state index in [1.165, 1.54) is 0 Å². The maximum Gasteiger partial charge on any atom is 0.146 e. The van der Waals surface area contributed by atoms with Gasteiger partial charge in [-0.3, -0.25) is 9.69 Å². The van der Waals surface area contributed by atoms with E-state index in [4.69, 9.17) is 10.00 Å². The molecule has 1 aliphatic heterocycles. The number of carbonyl (C=O) groups is 1. The predicted octanol–water partition coefficient (Wildman–Crippen LogP) is 1.73. The lowest BCUT2D eigenvalue weighted by molar-refractivity contribution is -0.122. The zero-order chi connectivity index (χ0) is 13.0. The molecule has 1 aromatic carbocycles. The van der Waals surface area contributed by atoms with Crippen molar-refractivity contribution in [1.29, 1.82) is 5.26 Å². The monoisotopic (exact) mass is 244 g/mol. The minimum absolute atomic E-state index is 0.307. The molecule has 0 aliphatic carbocycles. The van der Waals surface area contributed by atoms with Crippen LogP contribution in [-0.4, -0.2) is 30.9 Å². The normalized spacial score (nSPS) is 16.3. The van der Waals surface area contributed by atoms with Crippen LogP contribution in [0.2, 0.25) is 0 Å². The molecule has 1 heterocycles. The Balaban J connectivity index is 2.10. The van der Waals surface area contributed by atoms with E-state index >= 15 is 0 Å². The lowest BCUT2D eigenvalue weighted by Crippen LogP contribution is -2.34. The summed E-state index contributed by atoms with van der Waals surface area (Å²) in [7, 11) is 1.56. The molecule has 0 aromatic heterocycles. The van der Waals surface area contributed by atoms with E-state index in [9.17, 15) is 4.79 Å². The number of piperidine rings is 1. The molecule has 0 amide bonds. The Morgan fingerprint density at radius 1 is 1.50 bits per heavy atom. The van der Waals surface area contributed by atoms with Crippen molar-refractivity contribution in [2.45, 2.75) is 19.4 Å². The molecule has 4 heteroatoms. The second-order valence-corrected chi connectivity index (χ2v) is 4.50. The Kier molecular flexibility index (Phi) is 3.96. The van der Waals surface area contributed by atoms with Crippen molar-refractivity contribution in [2.24, 2.45) is 0 Å². The Morgan fingerprint density at radius 2 is 2.33 bits per heavy atom. The highest BCUT2D eigenvalue weighted by Crippen LogP contribution is 2.21. The first-order valence-corrected chi connectivity index (χ1v) is 6.04. The number of rotatable bonds is 3. The number of likely N-dealkylation sites (tertiary alicyclic amines) is 1. The summed E-state index contributed by atoms with van der Waals surface area (Å²) in [6.07, 6.45) is 1.64. The Hall–Kier alpha value is -1.86. The summed E-state index contributed by atoms with van der Waals surface area (Å²) in [5.41, 5.74) is 1.61. The number of methoxy groups -OCH3 is 1. The van der Waals surface area contributed by atoms with Gasteiger partial charge in [-0.05, 0) is 30.7 Å². The van der Waals surface area contributed by atoms with E-state index in [0.717, 1.165) is 25.1 Å². The highest BCUT2D eigenvalue weighted by atomic mass is 16.5. The first kappa shape index (κ1) is 12.6. The van der Waals surface area contributed by atoms with Crippen LogP contribution in [0.25, 0.3) is 0 Å². The number of ketones is 1. The number of carbonyl (C=O) groups excluding carboxylic acids is 1. The van der Waals surface area contributed by atoms with E-state index < -0.39 is 0 Å². The van der Waals surface area contributed by atoms with Crippen LogP contribution in [0, 0.1) is 11.3 Å². The fraction of sp³-hybridized carbons (Fsp3) is 0.429.